The third kappa shape index (κ3) is 6.13. The molecule has 1 aliphatic rings. The van der Waals surface area contributed by atoms with E-state index < -0.39 is 15.5 Å². The summed E-state index contributed by atoms with van der Waals surface area (Å²) in [6.07, 6.45) is 3.01. The van der Waals surface area contributed by atoms with E-state index >= 15 is 0 Å². The van der Waals surface area contributed by atoms with E-state index in [1.807, 2.05) is 19.1 Å². The first-order chi connectivity index (χ1) is 12.7. The number of hydrogen-bond donors (Lipinski definition) is 2. The topological polar surface area (TPSA) is 86.9 Å². The molecule has 1 aliphatic heterocycles. The molecule has 0 amide bonds. The molecular formula is C16H25F3N4O3S. The van der Waals surface area contributed by atoms with Crippen molar-refractivity contribution < 1.29 is 26.0 Å². The molecule has 154 valence electrons. The van der Waals surface area contributed by atoms with Crippen molar-refractivity contribution in [2.75, 3.05) is 32.7 Å². The van der Waals surface area contributed by atoms with Crippen molar-refractivity contribution in [1.29, 1.82) is 0 Å². The number of hydrogen-bond acceptors (Lipinski definition) is 4. The fourth-order valence-corrected chi connectivity index (χ4v) is 3.78. The van der Waals surface area contributed by atoms with Crippen LogP contribution in [0, 0.1) is 5.92 Å². The second-order valence-electron chi connectivity index (χ2n) is 6.27. The zero-order valence-electron chi connectivity index (χ0n) is 15.1. The fraction of sp³-hybridized carbons (Fsp3) is 0.688. The largest absolute Gasteiger partial charge is 0.511 e. The molecule has 27 heavy (non-hydrogen) atoms. The molecule has 0 aliphatic carbocycles. The lowest BCUT2D eigenvalue weighted by molar-refractivity contribution is -0.0496. The summed E-state index contributed by atoms with van der Waals surface area (Å²) < 4.78 is 66.4. The summed E-state index contributed by atoms with van der Waals surface area (Å²) in [5.41, 5.74) is -5.24. The normalized spacial score (nSPS) is 17.9. The molecule has 2 N–H and O–H groups in total. The van der Waals surface area contributed by atoms with Gasteiger partial charge in [-0.15, -0.1) is 0 Å². The highest BCUT2D eigenvalue weighted by molar-refractivity contribution is 7.90. The van der Waals surface area contributed by atoms with Crippen LogP contribution in [0.4, 0.5) is 13.2 Å². The second-order valence-corrected chi connectivity index (χ2v) is 8.20. The van der Waals surface area contributed by atoms with Gasteiger partial charge in [0.1, 0.15) is 5.76 Å². The van der Waals surface area contributed by atoms with E-state index in [0.29, 0.717) is 49.2 Å². The Hall–Kier alpha value is -1.75. The molecule has 0 atom stereocenters. The van der Waals surface area contributed by atoms with Crippen LogP contribution in [0.3, 0.4) is 0 Å². The van der Waals surface area contributed by atoms with Crippen LogP contribution in [0.5, 0.6) is 0 Å². The van der Waals surface area contributed by atoms with Crippen LogP contribution in [0.25, 0.3) is 0 Å². The minimum Gasteiger partial charge on any atom is -0.469 e. The summed E-state index contributed by atoms with van der Waals surface area (Å²) in [6.45, 7) is 3.39. The molecular weight excluding hydrogens is 385 g/mol. The van der Waals surface area contributed by atoms with E-state index in [9.17, 15) is 21.6 Å². The van der Waals surface area contributed by atoms with Gasteiger partial charge in [0.2, 0.25) is 0 Å². The minimum atomic E-state index is -5.24. The smallest absolute Gasteiger partial charge is 0.469 e. The third-order valence-corrected chi connectivity index (χ3v) is 5.93. The Morgan fingerprint density at radius 3 is 2.59 bits per heavy atom. The molecule has 2 rings (SSSR count). The Bertz CT molecular complexity index is 697. The van der Waals surface area contributed by atoms with Crippen molar-refractivity contribution in [3.8, 4) is 0 Å². The highest BCUT2D eigenvalue weighted by atomic mass is 32.2. The Balaban J connectivity index is 1.81. The predicted molar refractivity (Wildman–Crippen MR) is 95.7 cm³/mol. The number of piperidine rings is 1. The lowest BCUT2D eigenvalue weighted by Gasteiger charge is -2.30. The maximum Gasteiger partial charge on any atom is 0.511 e. The summed E-state index contributed by atoms with van der Waals surface area (Å²) >= 11 is 0. The van der Waals surface area contributed by atoms with Crippen LogP contribution in [-0.2, 0) is 16.4 Å². The summed E-state index contributed by atoms with van der Waals surface area (Å²) in [5, 5.41) is 6.28. The van der Waals surface area contributed by atoms with Gasteiger partial charge in [-0.3, -0.25) is 4.99 Å². The first-order valence-electron chi connectivity index (χ1n) is 8.85. The average Bonchev–Trinajstić information content (AvgIpc) is 3.12. The van der Waals surface area contributed by atoms with Crippen molar-refractivity contribution in [3.05, 3.63) is 24.2 Å². The highest BCUT2D eigenvalue weighted by Gasteiger charge is 2.50. The molecule has 0 saturated carbocycles. The zero-order chi connectivity index (χ0) is 19.9. The molecule has 7 nitrogen and oxygen atoms in total. The van der Waals surface area contributed by atoms with E-state index in [4.69, 9.17) is 4.42 Å². The van der Waals surface area contributed by atoms with Crippen LogP contribution < -0.4 is 10.6 Å². The Morgan fingerprint density at radius 2 is 2.04 bits per heavy atom. The van der Waals surface area contributed by atoms with Crippen LogP contribution in [-0.4, -0.2) is 56.9 Å². The van der Waals surface area contributed by atoms with Crippen molar-refractivity contribution >= 4 is 16.0 Å². The number of guanidine groups is 1. The van der Waals surface area contributed by atoms with E-state index in [1.165, 1.54) is 0 Å². The summed E-state index contributed by atoms with van der Waals surface area (Å²) in [5.74, 6) is 1.52. The fourth-order valence-electron chi connectivity index (χ4n) is 2.80. The van der Waals surface area contributed by atoms with Gasteiger partial charge in [0, 0.05) is 39.1 Å². The van der Waals surface area contributed by atoms with Gasteiger partial charge in [0.15, 0.2) is 5.96 Å². The highest BCUT2D eigenvalue weighted by Crippen LogP contribution is 2.30. The molecule has 2 heterocycles. The predicted octanol–water partition coefficient (Wildman–Crippen LogP) is 1.94. The number of nitrogens with one attached hydrogen (secondary N) is 2. The molecule has 1 saturated heterocycles. The second kappa shape index (κ2) is 9.45. The molecule has 1 fully saturated rings. The van der Waals surface area contributed by atoms with Crippen LogP contribution in [0.2, 0.25) is 0 Å². The molecule has 0 spiro atoms. The van der Waals surface area contributed by atoms with Gasteiger partial charge in [-0.25, -0.2) is 8.42 Å². The van der Waals surface area contributed by atoms with Crippen LogP contribution in [0.15, 0.2) is 27.8 Å². The first-order valence-corrected chi connectivity index (χ1v) is 10.3. The molecule has 0 aromatic carbocycles. The number of halogens is 3. The number of alkyl halides is 3. The van der Waals surface area contributed by atoms with Crippen LogP contribution in [0.1, 0.15) is 25.5 Å². The van der Waals surface area contributed by atoms with Crippen molar-refractivity contribution in [2.45, 2.75) is 31.7 Å². The van der Waals surface area contributed by atoms with Gasteiger partial charge in [-0.1, -0.05) is 0 Å². The maximum atomic E-state index is 12.6. The molecule has 0 unspecified atom stereocenters. The van der Waals surface area contributed by atoms with Gasteiger partial charge in [0.25, 0.3) is 0 Å². The van der Waals surface area contributed by atoms with Gasteiger partial charge in [0.05, 0.1) is 6.26 Å². The van der Waals surface area contributed by atoms with Gasteiger partial charge in [-0.2, -0.15) is 17.5 Å². The third-order valence-electron chi connectivity index (χ3n) is 4.30. The number of furan rings is 1. The molecule has 11 heteroatoms. The van der Waals surface area contributed by atoms with Crippen molar-refractivity contribution in [2.24, 2.45) is 10.9 Å². The number of rotatable bonds is 7. The number of nitrogens with zero attached hydrogens (tertiary/aromatic N) is 2. The average molecular weight is 410 g/mol. The Labute approximate surface area is 157 Å². The lowest BCUT2D eigenvalue weighted by atomic mass is 9.98. The van der Waals surface area contributed by atoms with Crippen LogP contribution >= 0.6 is 0 Å². The standard InChI is InChI=1S/C16H25F3N4O3S/c1-2-20-15(21-8-5-14-4-3-11-26-14)22-12-13-6-9-23(10-7-13)27(24,25)16(17,18)19/h3-4,11,13H,2,5-10,12H2,1H3,(H2,20,21,22). The van der Waals surface area contributed by atoms with Gasteiger partial charge in [-0.05, 0) is 37.8 Å². The molecule has 1 aromatic rings. The zero-order valence-corrected chi connectivity index (χ0v) is 15.9. The number of sulfonamides is 1. The van der Waals surface area contributed by atoms with Gasteiger partial charge < -0.3 is 15.1 Å². The Kier molecular flexibility index (Phi) is 7.54. The summed E-state index contributed by atoms with van der Waals surface area (Å²) in [7, 11) is -5.23. The lowest BCUT2D eigenvalue weighted by Crippen LogP contribution is -2.45. The summed E-state index contributed by atoms with van der Waals surface area (Å²) in [6, 6.07) is 3.70. The quantitative estimate of drug-likeness (QED) is 0.530. The SMILES string of the molecule is CCNC(=NCC1CCN(S(=O)(=O)C(F)(F)F)CC1)NCCc1ccco1. The monoisotopic (exact) mass is 410 g/mol. The molecule has 1 aromatic heterocycles. The summed E-state index contributed by atoms with van der Waals surface area (Å²) in [4.78, 5) is 4.47. The number of aliphatic imine (C=N–C) groups is 1. The van der Waals surface area contributed by atoms with E-state index in [1.54, 1.807) is 6.26 Å². The Morgan fingerprint density at radius 1 is 1.33 bits per heavy atom. The van der Waals surface area contributed by atoms with Crippen molar-refractivity contribution in [3.63, 3.8) is 0 Å². The van der Waals surface area contributed by atoms with Gasteiger partial charge >= 0.3 is 15.5 Å². The first kappa shape index (κ1) is 21.5. The minimum absolute atomic E-state index is 0.0465. The van der Waals surface area contributed by atoms with E-state index in [2.05, 4.69) is 15.6 Å². The maximum absolute atomic E-state index is 12.6. The molecule has 0 bridgehead atoms. The van der Waals surface area contributed by atoms with E-state index in [0.717, 1.165) is 5.76 Å². The van der Waals surface area contributed by atoms with Crippen molar-refractivity contribution in [1.82, 2.24) is 14.9 Å². The molecule has 0 radical (unpaired) electrons. The van der Waals surface area contributed by atoms with E-state index in [-0.39, 0.29) is 19.0 Å².